The molecular formula is C38H28N8O11S3. The number of anilines is 2. The van der Waals surface area contributed by atoms with Crippen molar-refractivity contribution in [2.75, 3.05) is 11.5 Å². The van der Waals surface area contributed by atoms with Gasteiger partial charge in [-0.3, -0.25) is 13.7 Å². The third-order valence-electron chi connectivity index (χ3n) is 8.88. The van der Waals surface area contributed by atoms with Gasteiger partial charge in [0.2, 0.25) is 0 Å². The van der Waals surface area contributed by atoms with Crippen LogP contribution in [0.15, 0.2) is 161 Å². The van der Waals surface area contributed by atoms with Crippen LogP contribution in [0.1, 0.15) is 0 Å². The normalized spacial score (nSPS) is 12.7. The minimum atomic E-state index is -5.22. The highest BCUT2D eigenvalue weighted by atomic mass is 32.2. The smallest absolute Gasteiger partial charge is 0.296 e. The van der Waals surface area contributed by atoms with Crippen LogP contribution < -0.4 is 11.5 Å². The number of rotatable bonds is 10. The zero-order valence-electron chi connectivity index (χ0n) is 30.2. The fourth-order valence-electron chi connectivity index (χ4n) is 6.01. The largest absolute Gasteiger partial charge is 0.505 e. The van der Waals surface area contributed by atoms with Gasteiger partial charge in [-0.25, -0.2) is 0 Å². The van der Waals surface area contributed by atoms with Crippen molar-refractivity contribution >= 4 is 97.4 Å². The fraction of sp³-hybridized carbons (Fsp3) is 0. The number of nitrogen functional groups attached to an aromatic ring is 2. The molecule has 60 heavy (non-hydrogen) atoms. The molecule has 0 aliphatic rings. The first-order valence-corrected chi connectivity index (χ1v) is 21.2. The predicted molar refractivity (Wildman–Crippen MR) is 220 cm³/mol. The van der Waals surface area contributed by atoms with Crippen LogP contribution in [-0.4, -0.2) is 49.1 Å². The number of hydrogen-bond donors (Lipinski definition) is 7. The van der Waals surface area contributed by atoms with E-state index in [0.717, 1.165) is 12.1 Å². The molecule has 7 aromatic rings. The maximum absolute atomic E-state index is 12.5. The van der Waals surface area contributed by atoms with Gasteiger partial charge < -0.3 is 21.7 Å². The van der Waals surface area contributed by atoms with Crippen molar-refractivity contribution in [3.8, 4) is 22.6 Å². The maximum Gasteiger partial charge on any atom is 0.296 e. The van der Waals surface area contributed by atoms with E-state index in [1.54, 1.807) is 48.5 Å². The molecule has 0 saturated carbocycles. The summed E-state index contributed by atoms with van der Waals surface area (Å²) in [6.07, 6.45) is 0. The summed E-state index contributed by atoms with van der Waals surface area (Å²) in [5.74, 6) is -1.35. The Morgan fingerprint density at radius 2 is 0.867 bits per heavy atom. The van der Waals surface area contributed by atoms with Gasteiger partial charge in [0, 0.05) is 21.8 Å². The molecule has 0 heterocycles. The molecule has 7 aromatic carbocycles. The summed E-state index contributed by atoms with van der Waals surface area (Å²) in [5, 5.41) is 45.2. The lowest BCUT2D eigenvalue weighted by Gasteiger charge is -2.14. The third kappa shape index (κ3) is 8.35. The van der Waals surface area contributed by atoms with Gasteiger partial charge in [0.25, 0.3) is 30.4 Å². The SMILES string of the molecule is Nc1ccc(N=Nc2cc(S(=O)(=O)O)c3cc(S(=O)(=O)O)c(N=Nc4ccc(-c5ccc(N=Nc6cc(S(=O)(=O)O)c7ccccc7c6O)cc5)cc4)c(O)c3c2N)cc1. The van der Waals surface area contributed by atoms with Gasteiger partial charge >= 0.3 is 0 Å². The van der Waals surface area contributed by atoms with Crippen LogP contribution in [-0.2, 0) is 30.4 Å². The molecule has 7 rings (SSSR count). The molecule has 0 saturated heterocycles. The lowest BCUT2D eigenvalue weighted by molar-refractivity contribution is 0.471. The second-order valence-corrected chi connectivity index (χ2v) is 17.0. The van der Waals surface area contributed by atoms with Gasteiger partial charge in [-0.1, -0.05) is 48.5 Å². The highest BCUT2D eigenvalue weighted by molar-refractivity contribution is 7.86. The van der Waals surface area contributed by atoms with E-state index in [1.807, 2.05) is 0 Å². The minimum absolute atomic E-state index is 0.106. The lowest BCUT2D eigenvalue weighted by Crippen LogP contribution is -2.04. The Kier molecular flexibility index (Phi) is 10.6. The maximum atomic E-state index is 12.5. The molecule has 0 aliphatic heterocycles. The molecule has 0 unspecified atom stereocenters. The van der Waals surface area contributed by atoms with E-state index in [0.29, 0.717) is 28.6 Å². The van der Waals surface area contributed by atoms with Crippen molar-refractivity contribution in [2.45, 2.75) is 14.7 Å². The highest BCUT2D eigenvalue weighted by Gasteiger charge is 2.28. The quantitative estimate of drug-likeness (QED) is 0.0383. The molecule has 0 amide bonds. The Balaban J connectivity index is 1.19. The minimum Gasteiger partial charge on any atom is -0.505 e. The number of benzene rings is 7. The van der Waals surface area contributed by atoms with Gasteiger partial charge in [-0.15, -0.1) is 15.3 Å². The Bertz CT molecular complexity index is 3310. The molecule has 304 valence electrons. The summed E-state index contributed by atoms with van der Waals surface area (Å²) in [6.45, 7) is 0. The number of aromatic hydroxyl groups is 2. The van der Waals surface area contributed by atoms with E-state index in [9.17, 15) is 49.1 Å². The number of nitrogens with zero attached hydrogens (tertiary/aromatic N) is 6. The van der Waals surface area contributed by atoms with E-state index in [4.69, 9.17) is 11.5 Å². The molecule has 0 fully saturated rings. The van der Waals surface area contributed by atoms with Crippen molar-refractivity contribution in [1.82, 2.24) is 0 Å². The van der Waals surface area contributed by atoms with Crippen LogP contribution in [0.5, 0.6) is 11.5 Å². The topological polar surface area (TPSA) is 330 Å². The van der Waals surface area contributed by atoms with Crippen molar-refractivity contribution in [3.63, 3.8) is 0 Å². The third-order valence-corrected chi connectivity index (χ3v) is 11.5. The Morgan fingerprint density at radius 1 is 0.433 bits per heavy atom. The van der Waals surface area contributed by atoms with Crippen LogP contribution in [0.25, 0.3) is 32.7 Å². The summed E-state index contributed by atoms with van der Waals surface area (Å²) in [4.78, 5) is -2.41. The Hall–Kier alpha value is -7.21. The number of azo groups is 3. The molecule has 0 aliphatic carbocycles. The van der Waals surface area contributed by atoms with Gasteiger partial charge in [-0.05, 0) is 77.9 Å². The van der Waals surface area contributed by atoms with E-state index in [2.05, 4.69) is 30.7 Å². The average molecular weight is 869 g/mol. The summed E-state index contributed by atoms with van der Waals surface area (Å²) in [6, 6.07) is 27.4. The summed E-state index contributed by atoms with van der Waals surface area (Å²) in [5.41, 5.74) is 12.8. The van der Waals surface area contributed by atoms with Crippen LogP contribution in [0.4, 0.5) is 45.5 Å². The Labute approximate surface area is 340 Å². The monoisotopic (exact) mass is 868 g/mol. The number of phenolic OH excluding ortho intramolecular Hbond substituents is 2. The molecule has 0 spiro atoms. The molecule has 0 radical (unpaired) electrons. The van der Waals surface area contributed by atoms with Crippen LogP contribution >= 0.6 is 0 Å². The first kappa shape index (κ1) is 41.0. The van der Waals surface area contributed by atoms with Gasteiger partial charge in [0.15, 0.2) is 11.5 Å². The van der Waals surface area contributed by atoms with E-state index in [1.165, 1.54) is 48.5 Å². The summed E-state index contributed by atoms with van der Waals surface area (Å²) < 4.78 is 104. The second kappa shape index (κ2) is 15.5. The number of nitrogens with two attached hydrogens (primary N) is 2. The fourth-order valence-corrected chi connectivity index (χ4v) is 8.08. The van der Waals surface area contributed by atoms with Crippen LogP contribution in [0.3, 0.4) is 0 Å². The number of hydrogen-bond acceptors (Lipinski definition) is 16. The first-order chi connectivity index (χ1) is 28.3. The van der Waals surface area contributed by atoms with Gasteiger partial charge in [-0.2, -0.15) is 40.6 Å². The number of phenols is 2. The average Bonchev–Trinajstić information content (AvgIpc) is 3.19. The second-order valence-electron chi connectivity index (χ2n) is 12.8. The van der Waals surface area contributed by atoms with E-state index >= 15 is 0 Å². The lowest BCUT2D eigenvalue weighted by atomic mass is 10.0. The standard InChI is InChI=1S/C38H28N8O11S3/c39-22-9-15-25(16-10-22)41-44-29-18-32(59(52,53)54)28-17-33(60(55,56)57)36(38(48)34(28)35(29)40)46-43-24-13-7-21(8-14-24)20-5-11-23(12-6-20)42-45-30-19-31(58(49,50)51)26-3-1-2-4-27(26)37(30)47/h1-19,47-48H,39-40H2,(H,49,50,51)(H,52,53,54)(H,55,56,57). The van der Waals surface area contributed by atoms with Crippen molar-refractivity contribution in [1.29, 1.82) is 0 Å². The van der Waals surface area contributed by atoms with Crippen LogP contribution in [0.2, 0.25) is 0 Å². The zero-order valence-corrected chi connectivity index (χ0v) is 32.7. The Morgan fingerprint density at radius 3 is 1.38 bits per heavy atom. The van der Waals surface area contributed by atoms with Crippen LogP contribution in [0, 0.1) is 0 Å². The van der Waals surface area contributed by atoms with Gasteiger partial charge in [0.1, 0.15) is 31.7 Å². The molecule has 0 aromatic heterocycles. The van der Waals surface area contributed by atoms with Crippen molar-refractivity contribution in [3.05, 3.63) is 115 Å². The van der Waals surface area contributed by atoms with E-state index < -0.39 is 67.3 Å². The summed E-state index contributed by atoms with van der Waals surface area (Å²) >= 11 is 0. The molecular weight excluding hydrogens is 841 g/mol. The van der Waals surface area contributed by atoms with Crippen molar-refractivity contribution < 1.29 is 49.1 Å². The first-order valence-electron chi connectivity index (χ1n) is 16.9. The highest BCUT2D eigenvalue weighted by Crippen LogP contribution is 2.48. The molecule has 19 nitrogen and oxygen atoms in total. The van der Waals surface area contributed by atoms with Gasteiger partial charge in [0.05, 0.1) is 28.1 Å². The number of fused-ring (bicyclic) bond motifs is 2. The van der Waals surface area contributed by atoms with E-state index in [-0.39, 0.29) is 45.0 Å². The molecule has 22 heteroatoms. The predicted octanol–water partition coefficient (Wildman–Crippen LogP) is 9.22. The van der Waals surface area contributed by atoms with Crippen molar-refractivity contribution in [2.24, 2.45) is 30.7 Å². The summed E-state index contributed by atoms with van der Waals surface area (Å²) in [7, 11) is -15.0. The molecule has 0 bridgehead atoms. The zero-order chi connectivity index (χ0) is 43.1. The molecule has 0 atom stereocenters. The molecule has 9 N–H and O–H groups in total.